The van der Waals surface area contributed by atoms with E-state index < -0.39 is 87.3 Å². The number of benzene rings is 3. The predicted molar refractivity (Wildman–Crippen MR) is 135 cm³/mol. The Hall–Kier alpha value is -3.69. The minimum absolute atomic E-state index is 0.0206. The molecule has 3 aromatic carbocycles. The van der Waals surface area contributed by atoms with Crippen molar-refractivity contribution < 1.29 is 61.6 Å². The van der Waals surface area contributed by atoms with Crippen LogP contribution in [0.15, 0.2) is 62.5 Å². The third kappa shape index (κ3) is 7.95. The lowest BCUT2D eigenvalue weighted by Gasteiger charge is -2.14. The van der Waals surface area contributed by atoms with Crippen molar-refractivity contribution in [2.24, 2.45) is 10.2 Å². The summed E-state index contributed by atoms with van der Waals surface area (Å²) < 4.78 is 133. The molecule has 0 bridgehead atoms. The average Bonchev–Trinajstić information content (AvgIpc) is 2.80. The van der Waals surface area contributed by atoms with Gasteiger partial charge >= 0.3 is 16.6 Å². The van der Waals surface area contributed by atoms with Gasteiger partial charge < -0.3 is 10.4 Å². The number of fused-ring (bicyclic) bond motifs is 1. The van der Waals surface area contributed by atoms with Crippen LogP contribution in [0, 0.1) is 0 Å². The van der Waals surface area contributed by atoms with E-state index in [9.17, 15) is 52.9 Å². The Morgan fingerprint density at radius 1 is 0.951 bits per heavy atom. The van der Waals surface area contributed by atoms with Gasteiger partial charge in [-0.1, -0.05) is 0 Å². The standard InChI is InChI=1S/C21H18F3N3O11S3/c1-11(28)25-13-2-4-15-12(8-13)9-18(40(32,33)34)19(20(15)29)27-26-14-3-5-17(16(10-14)21(22,23)24)39(30,31)7-6-38-41(35,36)37/h2-5,8-10,29H,6-7H2,1H3,(H,25,28)(H,32,33,34)(H,35,36,37). The smallest absolute Gasteiger partial charge is 0.417 e. The number of amides is 1. The molecule has 14 nitrogen and oxygen atoms in total. The van der Waals surface area contributed by atoms with Gasteiger partial charge in [0, 0.05) is 18.0 Å². The maximum absolute atomic E-state index is 13.7. The van der Waals surface area contributed by atoms with Crippen LogP contribution < -0.4 is 5.32 Å². The van der Waals surface area contributed by atoms with Gasteiger partial charge in [0.25, 0.3) is 10.1 Å². The Labute approximate surface area is 230 Å². The molecular formula is C21H18F3N3O11S3. The molecule has 0 spiro atoms. The summed E-state index contributed by atoms with van der Waals surface area (Å²) in [6.45, 7) is 0.0190. The molecule has 41 heavy (non-hydrogen) atoms. The molecule has 0 aromatic heterocycles. The van der Waals surface area contributed by atoms with Crippen LogP contribution in [-0.4, -0.2) is 57.7 Å². The van der Waals surface area contributed by atoms with Crippen LogP contribution in [0.2, 0.25) is 0 Å². The fourth-order valence-electron chi connectivity index (χ4n) is 3.47. The lowest BCUT2D eigenvalue weighted by molar-refractivity contribution is -0.139. The molecule has 4 N–H and O–H groups in total. The summed E-state index contributed by atoms with van der Waals surface area (Å²) in [5.74, 6) is -2.57. The molecule has 0 radical (unpaired) electrons. The fraction of sp³-hybridized carbons (Fsp3) is 0.190. The molecule has 0 unspecified atom stereocenters. The second-order valence-electron chi connectivity index (χ2n) is 8.11. The highest BCUT2D eigenvalue weighted by atomic mass is 32.3. The van der Waals surface area contributed by atoms with Crippen molar-refractivity contribution in [2.75, 3.05) is 17.7 Å². The van der Waals surface area contributed by atoms with Crippen LogP contribution in [-0.2, 0) is 45.5 Å². The third-order valence-corrected chi connectivity index (χ3v) is 8.16. The van der Waals surface area contributed by atoms with Crippen LogP contribution in [0.5, 0.6) is 5.75 Å². The minimum atomic E-state index is -5.28. The van der Waals surface area contributed by atoms with Crippen molar-refractivity contribution in [1.29, 1.82) is 0 Å². The average molecular weight is 642 g/mol. The van der Waals surface area contributed by atoms with Gasteiger partial charge in [0.15, 0.2) is 15.6 Å². The van der Waals surface area contributed by atoms with Gasteiger partial charge in [-0.15, -0.1) is 5.11 Å². The molecule has 1 amide bonds. The Balaban J connectivity index is 2.11. The SMILES string of the molecule is CC(=O)Nc1ccc2c(O)c(N=Nc3ccc(S(=O)(=O)CCOS(=O)(=O)O)c(C(F)(F)F)c3)c(S(=O)(=O)O)cc2c1. The van der Waals surface area contributed by atoms with Crippen molar-refractivity contribution in [1.82, 2.24) is 0 Å². The monoisotopic (exact) mass is 641 g/mol. The van der Waals surface area contributed by atoms with Gasteiger partial charge in [0.05, 0.1) is 28.5 Å². The van der Waals surface area contributed by atoms with Crippen molar-refractivity contribution in [3.8, 4) is 5.75 Å². The topological polar surface area (TPSA) is 226 Å². The summed E-state index contributed by atoms with van der Waals surface area (Å²) in [5.41, 5.74) is -3.06. The summed E-state index contributed by atoms with van der Waals surface area (Å²) in [4.78, 5) is 9.02. The zero-order chi connectivity index (χ0) is 31.0. The molecule has 0 fully saturated rings. The number of halogens is 3. The Kier molecular flexibility index (Phi) is 8.77. The number of hydrogen-bond donors (Lipinski definition) is 4. The number of carbonyl (C=O) groups excluding carboxylic acids is 1. The Morgan fingerprint density at radius 2 is 1.61 bits per heavy atom. The number of hydrogen-bond acceptors (Lipinski definition) is 11. The van der Waals surface area contributed by atoms with E-state index in [2.05, 4.69) is 19.7 Å². The van der Waals surface area contributed by atoms with Gasteiger partial charge in [-0.3, -0.25) is 13.9 Å². The summed E-state index contributed by atoms with van der Waals surface area (Å²) in [7, 11) is -15.0. The number of nitrogens with one attached hydrogen (secondary N) is 1. The number of azo groups is 1. The second kappa shape index (κ2) is 11.3. The lowest BCUT2D eigenvalue weighted by Crippen LogP contribution is -2.19. The van der Waals surface area contributed by atoms with Crippen LogP contribution in [0.1, 0.15) is 12.5 Å². The highest BCUT2D eigenvalue weighted by Gasteiger charge is 2.37. The first kappa shape index (κ1) is 31.8. The normalized spacial score (nSPS) is 13.1. The Morgan fingerprint density at radius 3 is 2.17 bits per heavy atom. The largest absolute Gasteiger partial charge is 0.505 e. The number of phenols is 1. The van der Waals surface area contributed by atoms with E-state index in [0.717, 1.165) is 12.1 Å². The van der Waals surface area contributed by atoms with Crippen LogP contribution in [0.4, 0.5) is 30.2 Å². The number of sulfone groups is 1. The molecule has 0 heterocycles. The molecule has 0 saturated carbocycles. The first-order valence-corrected chi connectivity index (χ1v) is 15.2. The number of nitrogens with zero attached hydrogens (tertiary/aromatic N) is 2. The highest BCUT2D eigenvalue weighted by Crippen LogP contribution is 2.43. The summed E-state index contributed by atoms with van der Waals surface area (Å²) in [6, 6.07) is 6.21. The number of carbonyl (C=O) groups is 1. The van der Waals surface area contributed by atoms with E-state index in [1.165, 1.54) is 25.1 Å². The van der Waals surface area contributed by atoms with Crippen LogP contribution >= 0.6 is 0 Å². The second-order valence-corrected chi connectivity index (χ2v) is 12.7. The first-order chi connectivity index (χ1) is 18.7. The fourth-order valence-corrected chi connectivity index (χ4v) is 5.83. The minimum Gasteiger partial charge on any atom is -0.505 e. The van der Waals surface area contributed by atoms with Crippen molar-refractivity contribution in [3.63, 3.8) is 0 Å². The van der Waals surface area contributed by atoms with Crippen molar-refractivity contribution >= 4 is 64.1 Å². The maximum Gasteiger partial charge on any atom is 0.417 e. The predicted octanol–water partition coefficient (Wildman–Crippen LogP) is 3.78. The van der Waals surface area contributed by atoms with Gasteiger partial charge in [-0.2, -0.15) is 35.1 Å². The van der Waals surface area contributed by atoms with Crippen molar-refractivity contribution in [3.05, 3.63) is 48.0 Å². The summed E-state index contributed by atoms with van der Waals surface area (Å²) in [6.07, 6.45) is -5.28. The maximum atomic E-state index is 13.7. The molecule has 0 aliphatic rings. The molecule has 3 aromatic rings. The first-order valence-electron chi connectivity index (χ1n) is 10.7. The molecule has 3 rings (SSSR count). The number of aromatic hydroxyl groups is 1. The Bertz CT molecular complexity index is 1890. The van der Waals surface area contributed by atoms with E-state index >= 15 is 0 Å². The quantitative estimate of drug-likeness (QED) is 0.194. The molecule has 0 saturated heterocycles. The number of rotatable bonds is 9. The van der Waals surface area contributed by atoms with E-state index in [0.29, 0.717) is 6.07 Å². The van der Waals surface area contributed by atoms with Crippen LogP contribution in [0.3, 0.4) is 0 Å². The van der Waals surface area contributed by atoms with Gasteiger partial charge in [0.2, 0.25) is 5.91 Å². The molecular weight excluding hydrogens is 623 g/mol. The summed E-state index contributed by atoms with van der Waals surface area (Å²) >= 11 is 0. The summed E-state index contributed by atoms with van der Waals surface area (Å²) in [5, 5.41) is 20.0. The molecule has 0 aliphatic carbocycles. The van der Waals surface area contributed by atoms with E-state index in [1.54, 1.807) is 0 Å². The zero-order valence-electron chi connectivity index (χ0n) is 20.3. The molecule has 20 heteroatoms. The highest BCUT2D eigenvalue weighted by molar-refractivity contribution is 7.91. The van der Waals surface area contributed by atoms with Gasteiger partial charge in [-0.25, -0.2) is 12.6 Å². The van der Waals surface area contributed by atoms with E-state index in [1.807, 2.05) is 0 Å². The molecule has 0 atom stereocenters. The number of alkyl halides is 3. The van der Waals surface area contributed by atoms with E-state index in [-0.39, 0.29) is 22.5 Å². The zero-order valence-corrected chi connectivity index (χ0v) is 22.8. The van der Waals surface area contributed by atoms with Gasteiger partial charge in [-0.05, 0) is 47.9 Å². The molecule has 0 aliphatic heterocycles. The van der Waals surface area contributed by atoms with Gasteiger partial charge in [0.1, 0.15) is 10.6 Å². The van der Waals surface area contributed by atoms with Crippen molar-refractivity contribution in [2.45, 2.75) is 22.9 Å². The lowest BCUT2D eigenvalue weighted by atomic mass is 10.1. The molecule has 222 valence electrons. The third-order valence-electron chi connectivity index (χ3n) is 5.10. The number of anilines is 1. The van der Waals surface area contributed by atoms with E-state index in [4.69, 9.17) is 4.55 Å². The number of phenolic OH excluding ortho intramolecular Hbond substituents is 1. The van der Waals surface area contributed by atoms with Crippen LogP contribution in [0.25, 0.3) is 10.8 Å².